The number of nitriles is 1. The predicted molar refractivity (Wildman–Crippen MR) is 141 cm³/mol. The van der Waals surface area contributed by atoms with E-state index in [0.29, 0.717) is 36.8 Å². The average Bonchev–Trinajstić information content (AvgIpc) is 3.23. The van der Waals surface area contributed by atoms with Crippen LogP contribution in [0, 0.1) is 17.2 Å². The zero-order chi connectivity index (χ0) is 24.7. The van der Waals surface area contributed by atoms with E-state index in [1.165, 1.54) is 18.4 Å². The average molecular weight is 483 g/mol. The molecule has 6 nitrogen and oxygen atoms in total. The van der Waals surface area contributed by atoms with Crippen molar-refractivity contribution < 1.29 is 9.53 Å². The first-order chi connectivity index (χ1) is 17.7. The van der Waals surface area contributed by atoms with E-state index in [1.807, 2.05) is 29.2 Å². The van der Waals surface area contributed by atoms with Gasteiger partial charge in [0.15, 0.2) is 0 Å². The Hall–Kier alpha value is -3.43. The highest BCUT2D eigenvalue weighted by Crippen LogP contribution is 2.36. The van der Waals surface area contributed by atoms with Crippen molar-refractivity contribution in [2.75, 3.05) is 26.2 Å². The van der Waals surface area contributed by atoms with E-state index in [2.05, 4.69) is 41.3 Å². The van der Waals surface area contributed by atoms with Gasteiger partial charge in [0.05, 0.1) is 30.4 Å². The standard InChI is InChI=1S/C30H34N4O2/c31-16-7-2-8-20-36-29-25-11-5-6-12-26(25)32-27-22-34(30(35)28(27)29)19-15-23-13-17-33(18-14-23)21-24-9-3-1-4-10-24/h1,3-6,9-12,23H,2,7-8,13-15,17-22H2. The normalized spacial score (nSPS) is 16.3. The molecule has 2 aliphatic rings. The number of unbranched alkanes of at least 4 members (excludes halogenated alkanes) is 2. The number of likely N-dealkylation sites (tertiary alicyclic amines) is 1. The summed E-state index contributed by atoms with van der Waals surface area (Å²) in [6.45, 7) is 5.06. The molecular formula is C30H34N4O2. The lowest BCUT2D eigenvalue weighted by atomic mass is 9.93. The summed E-state index contributed by atoms with van der Waals surface area (Å²) in [4.78, 5) is 22.8. The van der Waals surface area contributed by atoms with Crippen LogP contribution in [0.1, 0.15) is 60.1 Å². The maximum Gasteiger partial charge on any atom is 0.259 e. The van der Waals surface area contributed by atoms with Crippen molar-refractivity contribution in [3.05, 3.63) is 71.4 Å². The number of carbonyl (C=O) groups is 1. The third-order valence-electron chi connectivity index (χ3n) is 7.45. The highest BCUT2D eigenvalue weighted by atomic mass is 16.5. The van der Waals surface area contributed by atoms with Crippen LogP contribution in [-0.4, -0.2) is 46.9 Å². The lowest BCUT2D eigenvalue weighted by Gasteiger charge is -2.32. The number of benzene rings is 2. The Labute approximate surface area is 213 Å². The van der Waals surface area contributed by atoms with Gasteiger partial charge in [-0.15, -0.1) is 0 Å². The van der Waals surface area contributed by atoms with Crippen molar-refractivity contribution in [1.82, 2.24) is 14.8 Å². The second kappa shape index (κ2) is 11.5. The van der Waals surface area contributed by atoms with E-state index in [-0.39, 0.29) is 5.91 Å². The Kier molecular flexibility index (Phi) is 7.78. The molecule has 2 aliphatic heterocycles. The molecule has 0 bridgehead atoms. The van der Waals surface area contributed by atoms with Crippen LogP contribution in [0.5, 0.6) is 5.75 Å². The zero-order valence-corrected chi connectivity index (χ0v) is 20.9. The topological polar surface area (TPSA) is 69.5 Å². The summed E-state index contributed by atoms with van der Waals surface area (Å²) < 4.78 is 6.18. The smallest absolute Gasteiger partial charge is 0.259 e. The molecule has 186 valence electrons. The Balaban J connectivity index is 1.19. The van der Waals surface area contributed by atoms with E-state index < -0.39 is 0 Å². The number of nitrogens with zero attached hydrogens (tertiary/aromatic N) is 4. The van der Waals surface area contributed by atoms with Crippen molar-refractivity contribution >= 4 is 16.8 Å². The second-order valence-electron chi connectivity index (χ2n) is 9.96. The Bertz CT molecular complexity index is 1230. The molecule has 1 amide bonds. The maximum atomic E-state index is 13.5. The fraction of sp³-hybridized carbons (Fsp3) is 0.433. The number of hydrogen-bond donors (Lipinski definition) is 0. The fourth-order valence-electron chi connectivity index (χ4n) is 5.40. The lowest BCUT2D eigenvalue weighted by Crippen LogP contribution is -2.35. The van der Waals surface area contributed by atoms with Gasteiger partial charge in [0.25, 0.3) is 5.91 Å². The van der Waals surface area contributed by atoms with E-state index in [9.17, 15) is 4.79 Å². The molecule has 0 unspecified atom stereocenters. The van der Waals surface area contributed by atoms with Crippen LogP contribution in [0.4, 0.5) is 0 Å². The van der Waals surface area contributed by atoms with Gasteiger partial charge in [-0.3, -0.25) is 9.69 Å². The molecule has 1 saturated heterocycles. The zero-order valence-electron chi connectivity index (χ0n) is 20.9. The number of rotatable bonds is 10. The number of fused-ring (bicyclic) bond motifs is 2. The third-order valence-corrected chi connectivity index (χ3v) is 7.45. The van der Waals surface area contributed by atoms with Crippen LogP contribution < -0.4 is 4.74 Å². The van der Waals surface area contributed by atoms with Gasteiger partial charge < -0.3 is 9.64 Å². The van der Waals surface area contributed by atoms with Crippen molar-refractivity contribution in [1.29, 1.82) is 5.26 Å². The lowest BCUT2D eigenvalue weighted by molar-refractivity contribution is 0.0754. The quantitative estimate of drug-likeness (QED) is 0.354. The Morgan fingerprint density at radius 2 is 1.81 bits per heavy atom. The van der Waals surface area contributed by atoms with Gasteiger partial charge in [0, 0.05) is 24.9 Å². The summed E-state index contributed by atoms with van der Waals surface area (Å²) in [6, 6.07) is 20.7. The number of piperidine rings is 1. The highest BCUT2D eigenvalue weighted by Gasteiger charge is 2.34. The monoisotopic (exact) mass is 482 g/mol. The number of ether oxygens (including phenoxy) is 1. The van der Waals surface area contributed by atoms with Gasteiger partial charge in [-0.1, -0.05) is 42.5 Å². The largest absolute Gasteiger partial charge is 0.492 e. The van der Waals surface area contributed by atoms with Gasteiger partial charge in [-0.25, -0.2) is 4.98 Å². The van der Waals surface area contributed by atoms with Crippen molar-refractivity contribution in [3.63, 3.8) is 0 Å². The van der Waals surface area contributed by atoms with Gasteiger partial charge >= 0.3 is 0 Å². The number of pyridine rings is 1. The summed E-state index contributed by atoms with van der Waals surface area (Å²) in [7, 11) is 0. The molecule has 0 N–H and O–H groups in total. The first kappa shape index (κ1) is 24.3. The van der Waals surface area contributed by atoms with Crippen molar-refractivity contribution in [2.24, 2.45) is 5.92 Å². The van der Waals surface area contributed by atoms with Crippen LogP contribution in [0.2, 0.25) is 0 Å². The minimum atomic E-state index is 0.0387. The van der Waals surface area contributed by atoms with Crippen LogP contribution in [0.15, 0.2) is 54.6 Å². The minimum Gasteiger partial charge on any atom is -0.492 e. The molecule has 5 rings (SSSR count). The molecule has 3 aromatic rings. The van der Waals surface area contributed by atoms with Crippen molar-refractivity contribution in [2.45, 2.75) is 51.6 Å². The molecule has 0 radical (unpaired) electrons. The van der Waals surface area contributed by atoms with E-state index >= 15 is 0 Å². The minimum absolute atomic E-state index is 0.0387. The van der Waals surface area contributed by atoms with E-state index in [4.69, 9.17) is 15.0 Å². The van der Waals surface area contributed by atoms with Crippen LogP contribution in [-0.2, 0) is 13.1 Å². The number of hydrogen-bond acceptors (Lipinski definition) is 5. The maximum absolute atomic E-state index is 13.5. The molecular weight excluding hydrogens is 448 g/mol. The molecule has 3 heterocycles. The molecule has 0 spiro atoms. The van der Waals surface area contributed by atoms with Gasteiger partial charge in [-0.05, 0) is 68.8 Å². The summed E-state index contributed by atoms with van der Waals surface area (Å²) >= 11 is 0. The summed E-state index contributed by atoms with van der Waals surface area (Å²) in [6.07, 6.45) is 5.51. The predicted octanol–water partition coefficient (Wildman–Crippen LogP) is 5.57. The molecule has 0 atom stereocenters. The molecule has 1 fully saturated rings. The van der Waals surface area contributed by atoms with Gasteiger partial charge in [-0.2, -0.15) is 5.26 Å². The summed E-state index contributed by atoms with van der Waals surface area (Å²) in [5.74, 6) is 1.35. The molecule has 2 aromatic carbocycles. The molecule has 0 saturated carbocycles. The summed E-state index contributed by atoms with van der Waals surface area (Å²) in [5, 5.41) is 9.67. The number of aromatic nitrogens is 1. The van der Waals surface area contributed by atoms with Crippen LogP contribution >= 0.6 is 0 Å². The molecule has 36 heavy (non-hydrogen) atoms. The third kappa shape index (κ3) is 5.52. The van der Waals surface area contributed by atoms with Crippen LogP contribution in [0.3, 0.4) is 0 Å². The fourth-order valence-corrected chi connectivity index (χ4v) is 5.40. The van der Waals surface area contributed by atoms with E-state index in [0.717, 1.165) is 62.0 Å². The van der Waals surface area contributed by atoms with Crippen molar-refractivity contribution in [3.8, 4) is 11.8 Å². The van der Waals surface area contributed by atoms with E-state index in [1.54, 1.807) is 0 Å². The first-order valence-electron chi connectivity index (χ1n) is 13.2. The van der Waals surface area contributed by atoms with Crippen LogP contribution in [0.25, 0.3) is 10.9 Å². The number of carbonyl (C=O) groups excluding carboxylic acids is 1. The molecule has 1 aromatic heterocycles. The molecule has 6 heteroatoms. The van der Waals surface area contributed by atoms with Gasteiger partial charge in [0.2, 0.25) is 0 Å². The summed E-state index contributed by atoms with van der Waals surface area (Å²) in [5.41, 5.74) is 3.69. The highest BCUT2D eigenvalue weighted by molar-refractivity contribution is 6.05. The number of amides is 1. The Morgan fingerprint density at radius 3 is 2.61 bits per heavy atom. The first-order valence-corrected chi connectivity index (χ1v) is 13.2. The van der Waals surface area contributed by atoms with Gasteiger partial charge in [0.1, 0.15) is 11.3 Å². The second-order valence-corrected chi connectivity index (χ2v) is 9.96. The molecule has 0 aliphatic carbocycles. The number of para-hydroxylation sites is 1. The SMILES string of the molecule is N#CCCCCOc1c2c(nc3ccccc13)CN(CCC1CCN(Cc3ccccc3)CC1)C2=O. The Morgan fingerprint density at radius 1 is 1.03 bits per heavy atom.